The van der Waals surface area contributed by atoms with Gasteiger partial charge in [0.2, 0.25) is 0 Å². The highest BCUT2D eigenvalue weighted by atomic mass is 35.5. The van der Waals surface area contributed by atoms with Gasteiger partial charge in [0.1, 0.15) is 5.52 Å². The Bertz CT molecular complexity index is 595. The summed E-state index contributed by atoms with van der Waals surface area (Å²) in [6.07, 6.45) is 2.86. The fraction of sp³-hybridized carbons (Fsp3) is 0.250. The van der Waals surface area contributed by atoms with Crippen molar-refractivity contribution in [3.05, 3.63) is 34.2 Å². The second-order valence-electron chi connectivity index (χ2n) is 4.06. The van der Waals surface area contributed by atoms with Crippen LogP contribution in [0.1, 0.15) is 17.7 Å². The second kappa shape index (κ2) is 3.32. The number of nitrogens with zero attached hydrogens (tertiary/aromatic N) is 1. The van der Waals surface area contributed by atoms with E-state index in [0.717, 1.165) is 30.5 Å². The minimum Gasteiger partial charge on any atom is -0.398 e. The Morgan fingerprint density at radius 2 is 2.12 bits per heavy atom. The van der Waals surface area contributed by atoms with Gasteiger partial charge in [0.25, 0.3) is 0 Å². The van der Waals surface area contributed by atoms with Crippen LogP contribution in [-0.4, -0.2) is 4.98 Å². The zero-order valence-corrected chi connectivity index (χ0v) is 9.31. The summed E-state index contributed by atoms with van der Waals surface area (Å²) in [5.41, 5.74) is 9.00. The first kappa shape index (κ1) is 9.85. The number of benzene rings is 1. The maximum atomic E-state index is 13.8. The maximum Gasteiger partial charge on any atom is 0.168 e. The van der Waals surface area contributed by atoms with Crippen molar-refractivity contribution in [1.29, 1.82) is 0 Å². The number of hydrogen-bond donors (Lipinski definition) is 1. The van der Waals surface area contributed by atoms with Gasteiger partial charge >= 0.3 is 0 Å². The fourth-order valence-corrected chi connectivity index (χ4v) is 2.46. The molecule has 0 amide bonds. The van der Waals surface area contributed by atoms with Crippen LogP contribution in [0, 0.1) is 5.82 Å². The van der Waals surface area contributed by atoms with Crippen molar-refractivity contribution in [2.75, 3.05) is 5.73 Å². The molecule has 4 heteroatoms. The number of rotatable bonds is 0. The monoisotopic (exact) mass is 236 g/mol. The maximum absolute atomic E-state index is 13.8. The third-order valence-corrected chi connectivity index (χ3v) is 3.41. The lowest BCUT2D eigenvalue weighted by Gasteiger charge is -2.09. The number of anilines is 1. The van der Waals surface area contributed by atoms with Crippen LogP contribution in [0.15, 0.2) is 12.1 Å². The molecule has 1 heterocycles. The van der Waals surface area contributed by atoms with Gasteiger partial charge in [0.15, 0.2) is 5.82 Å². The van der Waals surface area contributed by atoms with Crippen LogP contribution in [0.4, 0.5) is 10.1 Å². The number of aryl methyl sites for hydroxylation is 1. The van der Waals surface area contributed by atoms with Crippen LogP contribution in [-0.2, 0) is 12.8 Å². The first-order valence-electron chi connectivity index (χ1n) is 5.23. The molecular weight excluding hydrogens is 227 g/mol. The third kappa shape index (κ3) is 1.21. The number of fused-ring (bicyclic) bond motifs is 2. The third-order valence-electron chi connectivity index (χ3n) is 3.12. The molecule has 0 saturated carbocycles. The van der Waals surface area contributed by atoms with Crippen LogP contribution >= 0.6 is 11.6 Å². The molecule has 2 aromatic rings. The van der Waals surface area contributed by atoms with Crippen molar-refractivity contribution in [3.63, 3.8) is 0 Å². The molecule has 82 valence electrons. The van der Waals surface area contributed by atoms with Crippen molar-refractivity contribution < 1.29 is 4.39 Å². The summed E-state index contributed by atoms with van der Waals surface area (Å²) in [5, 5.41) is 0.764. The quantitative estimate of drug-likeness (QED) is 0.763. The zero-order valence-electron chi connectivity index (χ0n) is 8.56. The van der Waals surface area contributed by atoms with Crippen molar-refractivity contribution in [3.8, 4) is 0 Å². The summed E-state index contributed by atoms with van der Waals surface area (Å²) < 4.78 is 13.8. The molecule has 2 N–H and O–H groups in total. The van der Waals surface area contributed by atoms with E-state index in [-0.39, 0.29) is 5.02 Å². The normalized spacial score (nSPS) is 14.4. The summed E-state index contributed by atoms with van der Waals surface area (Å²) in [4.78, 5) is 4.34. The SMILES string of the molecule is Nc1c2c(nc3c(F)c(Cl)ccc13)CCC2. The van der Waals surface area contributed by atoms with E-state index in [0.29, 0.717) is 16.6 Å². The lowest BCUT2D eigenvalue weighted by atomic mass is 10.1. The van der Waals surface area contributed by atoms with Crippen molar-refractivity contribution >= 4 is 28.2 Å². The Kier molecular flexibility index (Phi) is 2.04. The van der Waals surface area contributed by atoms with Gasteiger partial charge in [-0.1, -0.05) is 11.6 Å². The summed E-state index contributed by atoms with van der Waals surface area (Å²) in [6, 6.07) is 3.26. The predicted molar refractivity (Wildman–Crippen MR) is 63.1 cm³/mol. The van der Waals surface area contributed by atoms with Crippen molar-refractivity contribution in [2.24, 2.45) is 0 Å². The molecule has 0 unspecified atom stereocenters. The number of nitrogens with two attached hydrogens (primary N) is 1. The van der Waals surface area contributed by atoms with Gasteiger partial charge in [-0.2, -0.15) is 0 Å². The largest absolute Gasteiger partial charge is 0.398 e. The Labute approximate surface area is 97.2 Å². The smallest absolute Gasteiger partial charge is 0.168 e. The van der Waals surface area contributed by atoms with Crippen LogP contribution in [0.5, 0.6) is 0 Å². The average Bonchev–Trinajstić information content (AvgIpc) is 2.73. The van der Waals surface area contributed by atoms with Gasteiger partial charge in [0.05, 0.1) is 5.02 Å². The Morgan fingerprint density at radius 1 is 1.31 bits per heavy atom. The molecule has 1 aliphatic carbocycles. The summed E-state index contributed by atoms with van der Waals surface area (Å²) >= 11 is 5.74. The summed E-state index contributed by atoms with van der Waals surface area (Å²) in [5.74, 6) is -0.472. The van der Waals surface area contributed by atoms with E-state index in [1.54, 1.807) is 6.07 Å². The predicted octanol–water partition coefficient (Wildman–Crippen LogP) is 3.10. The average molecular weight is 237 g/mol. The Hall–Kier alpha value is -1.35. The fourth-order valence-electron chi connectivity index (χ4n) is 2.31. The number of halogens is 2. The minimum atomic E-state index is -0.472. The Morgan fingerprint density at radius 3 is 2.94 bits per heavy atom. The molecule has 1 aliphatic rings. The minimum absolute atomic E-state index is 0.0948. The van der Waals surface area contributed by atoms with Crippen molar-refractivity contribution in [2.45, 2.75) is 19.3 Å². The molecule has 0 spiro atoms. The van der Waals surface area contributed by atoms with Crippen LogP contribution in [0.2, 0.25) is 5.02 Å². The molecule has 1 aromatic carbocycles. The highest BCUT2D eigenvalue weighted by Gasteiger charge is 2.20. The second-order valence-corrected chi connectivity index (χ2v) is 4.47. The van der Waals surface area contributed by atoms with E-state index in [1.165, 1.54) is 6.07 Å². The summed E-state index contributed by atoms with van der Waals surface area (Å²) in [6.45, 7) is 0. The highest BCUT2D eigenvalue weighted by Crippen LogP contribution is 2.34. The highest BCUT2D eigenvalue weighted by molar-refractivity contribution is 6.31. The van der Waals surface area contributed by atoms with Crippen molar-refractivity contribution in [1.82, 2.24) is 4.98 Å². The van der Waals surface area contributed by atoms with Gasteiger partial charge in [-0.05, 0) is 37.0 Å². The first-order chi connectivity index (χ1) is 7.68. The molecule has 3 rings (SSSR count). The molecule has 0 radical (unpaired) electrons. The topological polar surface area (TPSA) is 38.9 Å². The van der Waals surface area contributed by atoms with Gasteiger partial charge < -0.3 is 5.73 Å². The van der Waals surface area contributed by atoms with Gasteiger partial charge in [0, 0.05) is 16.8 Å². The Balaban J connectivity index is 2.46. The summed E-state index contributed by atoms with van der Waals surface area (Å²) in [7, 11) is 0. The van der Waals surface area contributed by atoms with Gasteiger partial charge in [-0.3, -0.25) is 0 Å². The van der Waals surface area contributed by atoms with Gasteiger partial charge in [-0.15, -0.1) is 0 Å². The number of pyridine rings is 1. The molecule has 0 bridgehead atoms. The van der Waals surface area contributed by atoms with Gasteiger partial charge in [-0.25, -0.2) is 9.37 Å². The molecule has 16 heavy (non-hydrogen) atoms. The lowest BCUT2D eigenvalue weighted by molar-refractivity contribution is 0.637. The first-order valence-corrected chi connectivity index (χ1v) is 5.61. The molecule has 1 aromatic heterocycles. The van der Waals surface area contributed by atoms with E-state index in [4.69, 9.17) is 17.3 Å². The van der Waals surface area contributed by atoms with Crippen LogP contribution in [0.3, 0.4) is 0 Å². The number of hydrogen-bond acceptors (Lipinski definition) is 2. The molecule has 0 atom stereocenters. The molecular formula is C12H10ClFN2. The molecule has 0 aliphatic heterocycles. The van der Waals surface area contributed by atoms with E-state index in [2.05, 4.69) is 4.98 Å². The van der Waals surface area contributed by atoms with E-state index >= 15 is 0 Å². The van der Waals surface area contributed by atoms with E-state index in [9.17, 15) is 4.39 Å². The van der Waals surface area contributed by atoms with Crippen LogP contribution in [0.25, 0.3) is 10.9 Å². The number of nitrogen functional groups attached to an aromatic ring is 1. The number of aromatic nitrogens is 1. The van der Waals surface area contributed by atoms with E-state index in [1.807, 2.05) is 0 Å². The standard InChI is InChI=1S/C12H10ClFN2/c13-8-5-4-7-11(15)6-2-1-3-9(6)16-12(7)10(8)14/h4-5H,1-3H2,(H2,15,16). The molecule has 0 fully saturated rings. The molecule has 2 nitrogen and oxygen atoms in total. The lowest BCUT2D eigenvalue weighted by Crippen LogP contribution is -2.00. The molecule has 0 saturated heterocycles. The van der Waals surface area contributed by atoms with Crippen LogP contribution < -0.4 is 5.73 Å². The van der Waals surface area contributed by atoms with E-state index < -0.39 is 5.82 Å². The zero-order chi connectivity index (χ0) is 11.3.